The SMILES string of the molecule is CCCCCCCC(NCC)c1occc1C. The third-order valence-electron chi connectivity index (χ3n) is 3.27. The molecule has 1 unspecified atom stereocenters. The van der Waals surface area contributed by atoms with Crippen LogP contribution in [-0.4, -0.2) is 6.54 Å². The highest BCUT2D eigenvalue weighted by molar-refractivity contribution is 5.18. The number of unbranched alkanes of at least 4 members (excludes halogenated alkanes) is 4. The summed E-state index contributed by atoms with van der Waals surface area (Å²) < 4.78 is 5.59. The van der Waals surface area contributed by atoms with Crippen LogP contribution in [0.5, 0.6) is 0 Å². The Labute approximate surface area is 106 Å². The van der Waals surface area contributed by atoms with Crippen molar-refractivity contribution in [1.82, 2.24) is 5.32 Å². The monoisotopic (exact) mass is 237 g/mol. The molecule has 0 amide bonds. The molecule has 1 N–H and O–H groups in total. The molecule has 0 radical (unpaired) electrons. The summed E-state index contributed by atoms with van der Waals surface area (Å²) in [4.78, 5) is 0. The van der Waals surface area contributed by atoms with Gasteiger partial charge in [-0.25, -0.2) is 0 Å². The number of rotatable bonds is 9. The largest absolute Gasteiger partial charge is 0.467 e. The van der Waals surface area contributed by atoms with Crippen molar-refractivity contribution >= 4 is 0 Å². The van der Waals surface area contributed by atoms with Gasteiger partial charge in [-0.2, -0.15) is 0 Å². The fraction of sp³-hybridized carbons (Fsp3) is 0.733. The molecule has 2 heteroatoms. The van der Waals surface area contributed by atoms with Gasteiger partial charge in [0.25, 0.3) is 0 Å². The average molecular weight is 237 g/mol. The molecule has 0 spiro atoms. The summed E-state index contributed by atoms with van der Waals surface area (Å²) in [5.74, 6) is 1.13. The molecule has 0 saturated heterocycles. The molecule has 0 saturated carbocycles. The molecule has 98 valence electrons. The first kappa shape index (κ1) is 14.3. The highest BCUT2D eigenvalue weighted by Gasteiger charge is 2.15. The molecule has 2 nitrogen and oxygen atoms in total. The van der Waals surface area contributed by atoms with Crippen molar-refractivity contribution in [2.45, 2.75) is 65.3 Å². The molecule has 1 rings (SSSR count). The zero-order valence-electron chi connectivity index (χ0n) is 11.6. The van der Waals surface area contributed by atoms with Crippen LogP contribution >= 0.6 is 0 Å². The maximum absolute atomic E-state index is 5.59. The highest BCUT2D eigenvalue weighted by atomic mass is 16.3. The summed E-state index contributed by atoms with van der Waals surface area (Å²) in [6.45, 7) is 7.54. The van der Waals surface area contributed by atoms with Crippen LogP contribution in [0.25, 0.3) is 0 Å². The zero-order valence-corrected chi connectivity index (χ0v) is 11.6. The van der Waals surface area contributed by atoms with Crippen LogP contribution in [0, 0.1) is 6.92 Å². The Morgan fingerprint density at radius 2 is 1.94 bits per heavy atom. The summed E-state index contributed by atoms with van der Waals surface area (Å²) in [5, 5.41) is 3.52. The summed E-state index contributed by atoms with van der Waals surface area (Å²) in [6, 6.07) is 2.45. The second kappa shape index (κ2) is 8.35. The maximum Gasteiger partial charge on any atom is 0.123 e. The van der Waals surface area contributed by atoms with Crippen molar-refractivity contribution in [2.24, 2.45) is 0 Å². The molecular weight excluding hydrogens is 210 g/mol. The minimum absolute atomic E-state index is 0.400. The number of aryl methyl sites for hydroxylation is 1. The topological polar surface area (TPSA) is 25.2 Å². The van der Waals surface area contributed by atoms with Crippen LogP contribution < -0.4 is 5.32 Å². The van der Waals surface area contributed by atoms with Gasteiger partial charge in [0.2, 0.25) is 0 Å². The van der Waals surface area contributed by atoms with Crippen molar-refractivity contribution in [3.8, 4) is 0 Å². The lowest BCUT2D eigenvalue weighted by molar-refractivity contribution is 0.387. The minimum Gasteiger partial charge on any atom is -0.467 e. The van der Waals surface area contributed by atoms with Gasteiger partial charge >= 0.3 is 0 Å². The first-order chi connectivity index (χ1) is 8.29. The third-order valence-corrected chi connectivity index (χ3v) is 3.27. The fourth-order valence-electron chi connectivity index (χ4n) is 2.27. The van der Waals surface area contributed by atoms with Gasteiger partial charge in [0.1, 0.15) is 5.76 Å². The van der Waals surface area contributed by atoms with E-state index in [4.69, 9.17) is 4.42 Å². The molecule has 1 aromatic heterocycles. The van der Waals surface area contributed by atoms with Gasteiger partial charge in [-0.15, -0.1) is 0 Å². The Bertz CT molecular complexity index is 293. The van der Waals surface area contributed by atoms with Gasteiger partial charge in [0.05, 0.1) is 12.3 Å². The Balaban J connectivity index is 2.36. The van der Waals surface area contributed by atoms with E-state index in [-0.39, 0.29) is 0 Å². The van der Waals surface area contributed by atoms with Gasteiger partial charge in [-0.3, -0.25) is 0 Å². The van der Waals surface area contributed by atoms with Crippen molar-refractivity contribution in [3.05, 3.63) is 23.7 Å². The molecule has 0 aliphatic heterocycles. The molecule has 0 bridgehead atoms. The van der Waals surface area contributed by atoms with E-state index >= 15 is 0 Å². The molecule has 0 aliphatic rings. The van der Waals surface area contributed by atoms with E-state index in [1.807, 2.05) is 0 Å². The molecule has 0 fully saturated rings. The number of furan rings is 1. The molecule has 0 aromatic carbocycles. The quantitative estimate of drug-likeness (QED) is 0.635. The Morgan fingerprint density at radius 3 is 2.53 bits per heavy atom. The number of hydrogen-bond acceptors (Lipinski definition) is 2. The summed E-state index contributed by atoms with van der Waals surface area (Å²) >= 11 is 0. The van der Waals surface area contributed by atoms with Gasteiger partial charge in [0.15, 0.2) is 0 Å². The lowest BCUT2D eigenvalue weighted by Crippen LogP contribution is -2.21. The van der Waals surface area contributed by atoms with E-state index in [1.54, 1.807) is 6.26 Å². The van der Waals surface area contributed by atoms with E-state index in [1.165, 1.54) is 44.1 Å². The molecule has 1 atom stereocenters. The summed E-state index contributed by atoms with van der Waals surface area (Å²) in [5.41, 5.74) is 1.27. The van der Waals surface area contributed by atoms with Crippen LogP contribution in [0.15, 0.2) is 16.7 Å². The lowest BCUT2D eigenvalue weighted by Gasteiger charge is -2.16. The molecule has 1 aromatic rings. The van der Waals surface area contributed by atoms with Crippen LogP contribution in [-0.2, 0) is 0 Å². The predicted octanol–water partition coefficient (Wildman–Crippen LogP) is 4.60. The minimum atomic E-state index is 0.400. The molecule has 17 heavy (non-hydrogen) atoms. The first-order valence-electron chi connectivity index (χ1n) is 7.07. The van der Waals surface area contributed by atoms with Gasteiger partial charge in [-0.1, -0.05) is 46.0 Å². The summed E-state index contributed by atoms with van der Waals surface area (Å²) in [6.07, 6.45) is 9.66. The Hall–Kier alpha value is -0.760. The van der Waals surface area contributed by atoms with E-state index in [0.29, 0.717) is 6.04 Å². The summed E-state index contributed by atoms with van der Waals surface area (Å²) in [7, 11) is 0. The van der Waals surface area contributed by atoms with Crippen molar-refractivity contribution < 1.29 is 4.42 Å². The maximum atomic E-state index is 5.59. The smallest absolute Gasteiger partial charge is 0.123 e. The lowest BCUT2D eigenvalue weighted by atomic mass is 10.0. The molecular formula is C15H27NO. The Morgan fingerprint density at radius 1 is 1.18 bits per heavy atom. The molecule has 1 heterocycles. The van der Waals surface area contributed by atoms with E-state index in [2.05, 4.69) is 32.2 Å². The number of nitrogens with one attached hydrogen (secondary N) is 1. The predicted molar refractivity (Wildman–Crippen MR) is 73.2 cm³/mol. The van der Waals surface area contributed by atoms with Crippen LogP contribution in [0.3, 0.4) is 0 Å². The van der Waals surface area contributed by atoms with Crippen molar-refractivity contribution in [3.63, 3.8) is 0 Å². The standard InChI is InChI=1S/C15H27NO/c1-4-6-7-8-9-10-14(16-5-2)15-13(3)11-12-17-15/h11-12,14,16H,4-10H2,1-3H3. The van der Waals surface area contributed by atoms with Crippen molar-refractivity contribution in [1.29, 1.82) is 0 Å². The average Bonchev–Trinajstić information content (AvgIpc) is 2.74. The second-order valence-corrected chi connectivity index (χ2v) is 4.78. The Kier molecular flexibility index (Phi) is 7.02. The zero-order chi connectivity index (χ0) is 12.5. The van der Waals surface area contributed by atoms with Gasteiger partial charge < -0.3 is 9.73 Å². The molecule has 0 aliphatic carbocycles. The van der Waals surface area contributed by atoms with Crippen LogP contribution in [0.2, 0.25) is 0 Å². The number of hydrogen-bond donors (Lipinski definition) is 1. The van der Waals surface area contributed by atoms with Crippen LogP contribution in [0.4, 0.5) is 0 Å². The van der Waals surface area contributed by atoms with E-state index in [9.17, 15) is 0 Å². The van der Waals surface area contributed by atoms with Gasteiger partial charge in [-0.05, 0) is 31.5 Å². The second-order valence-electron chi connectivity index (χ2n) is 4.78. The third kappa shape index (κ3) is 4.95. The van der Waals surface area contributed by atoms with Crippen LogP contribution in [0.1, 0.15) is 69.7 Å². The van der Waals surface area contributed by atoms with Crippen molar-refractivity contribution in [2.75, 3.05) is 6.54 Å². The first-order valence-corrected chi connectivity index (χ1v) is 7.07. The fourth-order valence-corrected chi connectivity index (χ4v) is 2.27. The van der Waals surface area contributed by atoms with Gasteiger partial charge in [0, 0.05) is 0 Å². The van der Waals surface area contributed by atoms with E-state index < -0.39 is 0 Å². The van der Waals surface area contributed by atoms with E-state index in [0.717, 1.165) is 12.3 Å². The highest BCUT2D eigenvalue weighted by Crippen LogP contribution is 2.24. The normalized spacial score (nSPS) is 12.9.